The van der Waals surface area contributed by atoms with E-state index in [2.05, 4.69) is 4.90 Å². The molecule has 4 rings (SSSR count). The lowest BCUT2D eigenvalue weighted by molar-refractivity contribution is -0.120. The molecule has 2 fully saturated rings. The van der Waals surface area contributed by atoms with Crippen molar-refractivity contribution in [2.45, 2.75) is 75.3 Å². The van der Waals surface area contributed by atoms with E-state index in [9.17, 15) is 13.2 Å². The Labute approximate surface area is 168 Å². The van der Waals surface area contributed by atoms with Crippen molar-refractivity contribution in [3.63, 3.8) is 0 Å². The third kappa shape index (κ3) is 4.26. The largest absolute Gasteiger partial charge is 0.308 e. The van der Waals surface area contributed by atoms with E-state index >= 15 is 0 Å². The number of primary sulfonamides is 1. The van der Waals surface area contributed by atoms with Crippen LogP contribution in [0.2, 0.25) is 0 Å². The van der Waals surface area contributed by atoms with Crippen molar-refractivity contribution in [3.8, 4) is 0 Å². The highest BCUT2D eigenvalue weighted by Crippen LogP contribution is 2.35. The highest BCUT2D eigenvalue weighted by atomic mass is 32.2. The molecule has 1 heterocycles. The van der Waals surface area contributed by atoms with Gasteiger partial charge in [-0.2, -0.15) is 0 Å². The van der Waals surface area contributed by atoms with Gasteiger partial charge in [-0.25, -0.2) is 13.6 Å². The van der Waals surface area contributed by atoms with E-state index in [4.69, 9.17) is 5.14 Å². The van der Waals surface area contributed by atoms with E-state index in [0.29, 0.717) is 19.0 Å². The molecular formula is C21H31N3O3S. The van der Waals surface area contributed by atoms with Crippen LogP contribution in [0.4, 0.5) is 5.69 Å². The number of carbonyl (C=O) groups is 1. The molecule has 1 aromatic carbocycles. The quantitative estimate of drug-likeness (QED) is 0.789. The minimum atomic E-state index is -3.73. The maximum atomic E-state index is 13.2. The van der Waals surface area contributed by atoms with Crippen LogP contribution in [0.25, 0.3) is 0 Å². The highest BCUT2D eigenvalue weighted by Gasteiger charge is 2.36. The zero-order valence-electron chi connectivity index (χ0n) is 16.6. The molecule has 1 aliphatic heterocycles. The summed E-state index contributed by atoms with van der Waals surface area (Å²) in [6, 6.07) is 5.46. The summed E-state index contributed by atoms with van der Waals surface area (Å²) in [4.78, 5) is 17.6. The summed E-state index contributed by atoms with van der Waals surface area (Å²) in [6.45, 7) is 3.52. The Morgan fingerprint density at radius 3 is 2.54 bits per heavy atom. The summed E-state index contributed by atoms with van der Waals surface area (Å²) in [7, 11) is -3.73. The van der Waals surface area contributed by atoms with Gasteiger partial charge in [-0.05, 0) is 68.7 Å². The number of hydrogen-bond acceptors (Lipinski definition) is 4. The van der Waals surface area contributed by atoms with E-state index < -0.39 is 10.0 Å². The first kappa shape index (κ1) is 19.9. The summed E-state index contributed by atoms with van der Waals surface area (Å²) in [5, 5.41) is 5.26. The van der Waals surface area contributed by atoms with Gasteiger partial charge in [-0.1, -0.05) is 19.3 Å². The molecule has 2 N–H and O–H groups in total. The predicted molar refractivity (Wildman–Crippen MR) is 110 cm³/mol. The molecule has 0 bridgehead atoms. The van der Waals surface area contributed by atoms with E-state index in [0.717, 1.165) is 23.7 Å². The Kier molecular flexibility index (Phi) is 5.51. The molecule has 2 saturated carbocycles. The minimum Gasteiger partial charge on any atom is -0.308 e. The summed E-state index contributed by atoms with van der Waals surface area (Å²) < 4.78 is 23.3. The summed E-state index contributed by atoms with van der Waals surface area (Å²) in [5.41, 5.74) is 1.72. The van der Waals surface area contributed by atoms with Crippen LogP contribution >= 0.6 is 0 Å². The first-order valence-corrected chi connectivity index (χ1v) is 12.1. The second-order valence-electron chi connectivity index (χ2n) is 8.82. The molecule has 1 unspecified atom stereocenters. The van der Waals surface area contributed by atoms with Crippen LogP contribution in [0, 0.1) is 5.92 Å². The zero-order chi connectivity index (χ0) is 19.9. The fourth-order valence-electron chi connectivity index (χ4n) is 4.90. The number of amides is 1. The molecule has 0 radical (unpaired) electrons. The maximum Gasteiger partial charge on any atom is 0.241 e. The third-order valence-electron chi connectivity index (χ3n) is 6.48. The monoisotopic (exact) mass is 405 g/mol. The normalized spacial score (nSPS) is 23.2. The van der Waals surface area contributed by atoms with E-state index in [1.165, 1.54) is 51.0 Å². The smallest absolute Gasteiger partial charge is 0.241 e. The van der Waals surface area contributed by atoms with Gasteiger partial charge in [0, 0.05) is 24.3 Å². The molecule has 6 nitrogen and oxygen atoms in total. The van der Waals surface area contributed by atoms with Gasteiger partial charge in [0.25, 0.3) is 0 Å². The fraction of sp³-hybridized carbons (Fsp3) is 0.667. The van der Waals surface area contributed by atoms with Gasteiger partial charge in [0.2, 0.25) is 15.9 Å². The minimum absolute atomic E-state index is 0.0361. The molecule has 3 aliphatic rings. The molecule has 0 spiro atoms. The molecule has 1 amide bonds. The van der Waals surface area contributed by atoms with Gasteiger partial charge >= 0.3 is 0 Å². The fourth-order valence-corrected chi connectivity index (χ4v) is 5.46. The van der Waals surface area contributed by atoms with E-state index in [-0.39, 0.29) is 16.8 Å². The number of benzene rings is 1. The number of hydrogen-bond donors (Lipinski definition) is 1. The van der Waals surface area contributed by atoms with Gasteiger partial charge in [0.1, 0.15) is 0 Å². The average molecular weight is 406 g/mol. The van der Waals surface area contributed by atoms with Crippen LogP contribution < -0.4 is 10.0 Å². The van der Waals surface area contributed by atoms with Crippen molar-refractivity contribution < 1.29 is 13.2 Å². The van der Waals surface area contributed by atoms with Gasteiger partial charge in [-0.3, -0.25) is 9.69 Å². The topological polar surface area (TPSA) is 83.7 Å². The van der Waals surface area contributed by atoms with Crippen LogP contribution in [0.3, 0.4) is 0 Å². The molecule has 1 atom stereocenters. The number of sulfonamides is 1. The highest BCUT2D eigenvalue weighted by molar-refractivity contribution is 7.89. The van der Waals surface area contributed by atoms with Crippen molar-refractivity contribution >= 4 is 21.6 Å². The summed E-state index contributed by atoms with van der Waals surface area (Å²) >= 11 is 0. The first-order valence-electron chi connectivity index (χ1n) is 10.5. The van der Waals surface area contributed by atoms with Crippen LogP contribution in [0.15, 0.2) is 23.1 Å². The van der Waals surface area contributed by atoms with Crippen molar-refractivity contribution in [2.24, 2.45) is 11.1 Å². The number of carbonyl (C=O) groups excluding carboxylic acids is 1. The number of fused-ring (bicyclic) bond motifs is 1. The second kappa shape index (κ2) is 7.76. The lowest BCUT2D eigenvalue weighted by Crippen LogP contribution is -2.45. The number of rotatable bonds is 6. The third-order valence-corrected chi connectivity index (χ3v) is 7.39. The Hall–Kier alpha value is -1.44. The van der Waals surface area contributed by atoms with Crippen molar-refractivity contribution in [3.05, 3.63) is 23.8 Å². The number of anilines is 1. The van der Waals surface area contributed by atoms with Crippen LogP contribution in [-0.2, 0) is 21.2 Å². The van der Waals surface area contributed by atoms with Gasteiger partial charge in [0.15, 0.2) is 0 Å². The van der Waals surface area contributed by atoms with Crippen LogP contribution in [0.1, 0.15) is 57.4 Å². The molecule has 1 aromatic rings. The van der Waals surface area contributed by atoms with Crippen LogP contribution in [-0.4, -0.2) is 44.4 Å². The molecule has 0 saturated heterocycles. The van der Waals surface area contributed by atoms with Crippen molar-refractivity contribution in [2.75, 3.05) is 18.0 Å². The lowest BCUT2D eigenvalue weighted by Gasteiger charge is -2.31. The Morgan fingerprint density at radius 1 is 1.18 bits per heavy atom. The average Bonchev–Trinajstić information content (AvgIpc) is 3.43. The zero-order valence-corrected chi connectivity index (χ0v) is 17.5. The maximum absolute atomic E-state index is 13.2. The Morgan fingerprint density at radius 2 is 1.89 bits per heavy atom. The van der Waals surface area contributed by atoms with E-state index in [1.807, 2.05) is 11.8 Å². The Bertz CT molecular complexity index is 844. The standard InChI is InChI=1S/C21H31N3O3S/c1-15-11-17-12-19(28(22,26)27)9-10-20(17)24(15)21(25)14-23(18-7-8-18)13-16-5-3-2-4-6-16/h9-10,12,15-16,18H,2-8,11,13-14H2,1H3,(H2,22,26,27). The second-order valence-corrected chi connectivity index (χ2v) is 10.4. The molecule has 154 valence electrons. The van der Waals surface area contributed by atoms with Crippen LogP contribution in [0.5, 0.6) is 0 Å². The van der Waals surface area contributed by atoms with Crippen molar-refractivity contribution in [1.82, 2.24) is 4.90 Å². The number of nitrogens with zero attached hydrogens (tertiary/aromatic N) is 2. The first-order chi connectivity index (χ1) is 13.3. The molecule has 2 aliphatic carbocycles. The van der Waals surface area contributed by atoms with Gasteiger partial charge in [0.05, 0.1) is 11.4 Å². The molecule has 28 heavy (non-hydrogen) atoms. The lowest BCUT2D eigenvalue weighted by atomic mass is 9.89. The molecule has 0 aromatic heterocycles. The van der Waals surface area contributed by atoms with E-state index in [1.54, 1.807) is 12.1 Å². The predicted octanol–water partition coefficient (Wildman–Crippen LogP) is 2.66. The molecule has 7 heteroatoms. The van der Waals surface area contributed by atoms with Gasteiger partial charge < -0.3 is 4.90 Å². The Balaban J connectivity index is 1.48. The number of nitrogens with two attached hydrogens (primary N) is 1. The summed E-state index contributed by atoms with van der Waals surface area (Å²) in [5.74, 6) is 0.847. The van der Waals surface area contributed by atoms with Gasteiger partial charge in [-0.15, -0.1) is 0 Å². The van der Waals surface area contributed by atoms with Crippen molar-refractivity contribution in [1.29, 1.82) is 0 Å². The summed E-state index contributed by atoms with van der Waals surface area (Å²) in [6.07, 6.45) is 9.62. The SMILES string of the molecule is CC1Cc2cc(S(N)(=O)=O)ccc2N1C(=O)CN(CC1CCCCC1)C1CC1. The molecular weight excluding hydrogens is 374 g/mol.